The third-order valence-electron chi connectivity index (χ3n) is 2.73. The lowest BCUT2D eigenvalue weighted by Gasteiger charge is -2.32. The van der Waals surface area contributed by atoms with Gasteiger partial charge in [0.15, 0.2) is 0 Å². The minimum atomic E-state index is -1.08. The number of hydrogen-bond acceptors (Lipinski definition) is 6. The lowest BCUT2D eigenvalue weighted by molar-refractivity contribution is -0.145. The Kier molecular flexibility index (Phi) is 8.86. The van der Waals surface area contributed by atoms with Crippen molar-refractivity contribution in [3.8, 4) is 0 Å². The molecule has 0 fully saturated rings. The van der Waals surface area contributed by atoms with E-state index in [-0.39, 0.29) is 19.0 Å². The molecule has 0 amide bonds. The molecule has 0 aliphatic carbocycles. The summed E-state index contributed by atoms with van der Waals surface area (Å²) in [7, 11) is 0. The largest absolute Gasteiger partial charge is 0.480 e. The molecule has 7 nitrogen and oxygen atoms in total. The number of carboxylic acid groups (broad SMARTS) is 1. The number of hydrogen-bond donors (Lipinski definition) is 5. The Hall–Kier alpha value is -0.730. The molecular formula is C12H25NO6. The molecule has 7 heteroatoms. The Balaban J connectivity index is 4.86. The molecule has 0 aliphatic heterocycles. The van der Waals surface area contributed by atoms with Gasteiger partial charge in [0.2, 0.25) is 0 Å². The number of carboxylic acids is 1. The first kappa shape index (κ1) is 18.3. The first-order valence-corrected chi connectivity index (χ1v) is 6.36. The van der Waals surface area contributed by atoms with E-state index in [0.29, 0.717) is 6.42 Å². The van der Waals surface area contributed by atoms with E-state index in [9.17, 15) is 20.1 Å². The molecule has 0 aromatic rings. The van der Waals surface area contributed by atoms with Crippen molar-refractivity contribution in [1.82, 2.24) is 4.90 Å². The highest BCUT2D eigenvalue weighted by molar-refractivity contribution is 5.73. The van der Waals surface area contributed by atoms with Crippen LogP contribution in [0.25, 0.3) is 0 Å². The van der Waals surface area contributed by atoms with Crippen LogP contribution in [0.3, 0.4) is 0 Å². The predicted octanol–water partition coefficient (Wildman–Crippen LogP) is -1.51. The van der Waals surface area contributed by atoms with Crippen LogP contribution >= 0.6 is 0 Å². The van der Waals surface area contributed by atoms with Crippen LogP contribution in [0.5, 0.6) is 0 Å². The average Bonchev–Trinajstić information content (AvgIpc) is 2.34. The van der Waals surface area contributed by atoms with Crippen LogP contribution in [0.2, 0.25) is 0 Å². The van der Waals surface area contributed by atoms with Crippen molar-refractivity contribution in [2.75, 3.05) is 26.3 Å². The Morgan fingerprint density at radius 1 is 1.05 bits per heavy atom. The van der Waals surface area contributed by atoms with Crippen LogP contribution in [-0.2, 0) is 4.79 Å². The summed E-state index contributed by atoms with van der Waals surface area (Å²) in [6.45, 7) is 2.63. The smallest absolute Gasteiger partial charge is 0.320 e. The molecule has 0 spiro atoms. The second-order valence-corrected chi connectivity index (χ2v) is 5.11. The van der Waals surface area contributed by atoms with Gasteiger partial charge in [-0.1, -0.05) is 13.8 Å². The van der Waals surface area contributed by atoms with Gasteiger partial charge in [-0.25, -0.2) is 0 Å². The fourth-order valence-electron chi connectivity index (χ4n) is 1.84. The number of carbonyl (C=O) groups is 1. The van der Waals surface area contributed by atoms with Crippen LogP contribution in [0.4, 0.5) is 0 Å². The molecule has 19 heavy (non-hydrogen) atoms. The zero-order valence-electron chi connectivity index (χ0n) is 11.4. The number of aliphatic carboxylic acids is 1. The number of rotatable bonds is 10. The Labute approximate surface area is 113 Å². The van der Waals surface area contributed by atoms with E-state index in [0.717, 1.165) is 0 Å². The van der Waals surface area contributed by atoms with E-state index in [2.05, 4.69) is 0 Å². The summed E-state index contributed by atoms with van der Waals surface area (Å²) in [5.41, 5.74) is 0. The van der Waals surface area contributed by atoms with Crippen molar-refractivity contribution in [2.24, 2.45) is 5.92 Å². The molecule has 0 aliphatic rings. The predicted molar refractivity (Wildman–Crippen MR) is 68.6 cm³/mol. The van der Waals surface area contributed by atoms with E-state index >= 15 is 0 Å². The molecule has 114 valence electrons. The molecule has 0 aromatic carbocycles. The molecule has 0 heterocycles. The van der Waals surface area contributed by atoms with Gasteiger partial charge in [-0.15, -0.1) is 0 Å². The van der Waals surface area contributed by atoms with Crippen LogP contribution in [0.15, 0.2) is 0 Å². The van der Waals surface area contributed by atoms with Crippen molar-refractivity contribution in [1.29, 1.82) is 0 Å². The minimum absolute atomic E-state index is 0.0722. The molecule has 0 saturated heterocycles. The maximum atomic E-state index is 11.3. The summed E-state index contributed by atoms with van der Waals surface area (Å²) in [6.07, 6.45) is -1.81. The number of aliphatic hydroxyl groups is 4. The topological polar surface area (TPSA) is 121 Å². The Bertz CT molecular complexity index is 249. The molecule has 0 rings (SSSR count). The highest BCUT2D eigenvalue weighted by Gasteiger charge is 2.29. The maximum Gasteiger partial charge on any atom is 0.320 e. The first-order chi connectivity index (χ1) is 8.81. The van der Waals surface area contributed by atoms with Gasteiger partial charge in [-0.2, -0.15) is 0 Å². The molecule has 0 bridgehead atoms. The summed E-state index contributed by atoms with van der Waals surface area (Å²) in [5, 5.41) is 45.8. The fraction of sp³-hybridized carbons (Fsp3) is 0.917. The van der Waals surface area contributed by atoms with Crippen molar-refractivity contribution >= 4 is 5.97 Å². The van der Waals surface area contributed by atoms with Gasteiger partial charge >= 0.3 is 5.97 Å². The molecule has 0 radical (unpaired) electrons. The zero-order chi connectivity index (χ0) is 15.0. The van der Waals surface area contributed by atoms with Crippen LogP contribution in [0.1, 0.15) is 20.3 Å². The van der Waals surface area contributed by atoms with Gasteiger partial charge in [0.1, 0.15) is 6.04 Å². The maximum absolute atomic E-state index is 11.3. The van der Waals surface area contributed by atoms with Gasteiger partial charge in [0.05, 0.1) is 25.4 Å². The summed E-state index contributed by atoms with van der Waals surface area (Å²) in [5.74, 6) is -0.926. The molecule has 0 aromatic heterocycles. The van der Waals surface area contributed by atoms with Gasteiger partial charge in [0, 0.05) is 13.1 Å². The van der Waals surface area contributed by atoms with Crippen molar-refractivity contribution in [3.05, 3.63) is 0 Å². The lowest BCUT2D eigenvalue weighted by atomic mass is 10.0. The summed E-state index contributed by atoms with van der Waals surface area (Å²) < 4.78 is 0. The van der Waals surface area contributed by atoms with E-state index in [1.807, 2.05) is 13.8 Å². The third kappa shape index (κ3) is 7.44. The lowest BCUT2D eigenvalue weighted by Crippen LogP contribution is -2.49. The Morgan fingerprint density at radius 2 is 1.47 bits per heavy atom. The average molecular weight is 279 g/mol. The van der Waals surface area contributed by atoms with Crippen molar-refractivity contribution in [3.63, 3.8) is 0 Å². The molecule has 3 unspecified atom stereocenters. The summed E-state index contributed by atoms with van der Waals surface area (Å²) in [6, 6.07) is -0.873. The van der Waals surface area contributed by atoms with Crippen molar-refractivity contribution in [2.45, 2.75) is 38.5 Å². The van der Waals surface area contributed by atoms with E-state index in [4.69, 9.17) is 10.2 Å². The molecule has 5 N–H and O–H groups in total. The van der Waals surface area contributed by atoms with Crippen LogP contribution in [0, 0.1) is 5.92 Å². The van der Waals surface area contributed by atoms with E-state index < -0.39 is 37.4 Å². The van der Waals surface area contributed by atoms with Crippen molar-refractivity contribution < 1.29 is 30.3 Å². The standard InChI is InChI=1S/C12H25NO6/c1-8(2)3-11(12(18)19)13(4-9(16)6-14)5-10(17)7-15/h8-11,14-17H,3-7H2,1-2H3,(H,18,19). The fourth-order valence-corrected chi connectivity index (χ4v) is 1.84. The highest BCUT2D eigenvalue weighted by Crippen LogP contribution is 2.13. The normalized spacial score (nSPS) is 16.6. The third-order valence-corrected chi connectivity index (χ3v) is 2.73. The van der Waals surface area contributed by atoms with Gasteiger partial charge in [-0.3, -0.25) is 9.69 Å². The second-order valence-electron chi connectivity index (χ2n) is 5.11. The molecule has 0 saturated carbocycles. The van der Waals surface area contributed by atoms with Crippen LogP contribution in [-0.4, -0.2) is 81.0 Å². The zero-order valence-corrected chi connectivity index (χ0v) is 11.4. The van der Waals surface area contributed by atoms with Gasteiger partial charge in [-0.05, 0) is 12.3 Å². The molecule has 3 atom stereocenters. The van der Waals surface area contributed by atoms with Gasteiger partial charge in [0.25, 0.3) is 0 Å². The molecular weight excluding hydrogens is 254 g/mol. The SMILES string of the molecule is CC(C)CC(C(=O)O)N(CC(O)CO)CC(O)CO. The summed E-state index contributed by atoms with van der Waals surface area (Å²) >= 11 is 0. The minimum Gasteiger partial charge on any atom is -0.480 e. The number of aliphatic hydroxyl groups excluding tert-OH is 4. The number of nitrogens with zero attached hydrogens (tertiary/aromatic N) is 1. The Morgan fingerprint density at radius 3 is 1.74 bits per heavy atom. The van der Waals surface area contributed by atoms with Crippen LogP contribution < -0.4 is 0 Å². The van der Waals surface area contributed by atoms with E-state index in [1.165, 1.54) is 4.90 Å². The quantitative estimate of drug-likeness (QED) is 0.330. The van der Waals surface area contributed by atoms with Gasteiger partial charge < -0.3 is 25.5 Å². The first-order valence-electron chi connectivity index (χ1n) is 6.36. The second kappa shape index (κ2) is 9.22. The summed E-state index contributed by atoms with van der Waals surface area (Å²) in [4.78, 5) is 12.7. The monoisotopic (exact) mass is 279 g/mol. The highest BCUT2D eigenvalue weighted by atomic mass is 16.4. The van der Waals surface area contributed by atoms with E-state index in [1.54, 1.807) is 0 Å².